The lowest BCUT2D eigenvalue weighted by Crippen LogP contribution is -2.16. The zero-order valence-electron chi connectivity index (χ0n) is 19.2. The van der Waals surface area contributed by atoms with Crippen LogP contribution in [0.3, 0.4) is 0 Å². The van der Waals surface area contributed by atoms with Crippen molar-refractivity contribution in [2.24, 2.45) is 0 Å². The Morgan fingerprint density at radius 3 is 2.16 bits per heavy atom. The summed E-state index contributed by atoms with van der Waals surface area (Å²) < 4.78 is 15.1. The van der Waals surface area contributed by atoms with Crippen LogP contribution in [0.25, 0.3) is 10.8 Å². The van der Waals surface area contributed by atoms with Gasteiger partial charge in [0, 0.05) is 15.5 Å². The number of nitrogens with two attached hydrogens (primary N) is 1. The number of nitrogen functional groups attached to an aromatic ring is 1. The summed E-state index contributed by atoms with van der Waals surface area (Å²) in [5.74, 6) is -1.52. The average Bonchev–Trinajstić information content (AvgIpc) is 3.22. The van der Waals surface area contributed by atoms with Crippen molar-refractivity contribution in [1.82, 2.24) is 0 Å². The Labute approximate surface area is 224 Å². The number of anilines is 5. The SMILES string of the molecule is Nc1c(C(=O)Nc2ccccc2Br)sc(Nc2ccccc2F)c1C(=O)Nc1cccc2ccccc12. The molecule has 0 saturated carbocycles. The number of hydrogen-bond acceptors (Lipinski definition) is 5. The highest BCUT2D eigenvalue weighted by Crippen LogP contribution is 2.39. The topological polar surface area (TPSA) is 96.2 Å². The second-order valence-corrected chi connectivity index (χ2v) is 9.94. The Morgan fingerprint density at radius 2 is 1.38 bits per heavy atom. The maximum Gasteiger partial charge on any atom is 0.267 e. The van der Waals surface area contributed by atoms with E-state index in [1.807, 2.05) is 42.5 Å². The maximum absolute atomic E-state index is 14.5. The van der Waals surface area contributed by atoms with Gasteiger partial charge in [0.25, 0.3) is 11.8 Å². The van der Waals surface area contributed by atoms with E-state index in [9.17, 15) is 14.0 Å². The number of fused-ring (bicyclic) bond motifs is 1. The van der Waals surface area contributed by atoms with Crippen molar-refractivity contribution in [3.63, 3.8) is 0 Å². The van der Waals surface area contributed by atoms with Gasteiger partial charge in [0.2, 0.25) is 0 Å². The van der Waals surface area contributed by atoms with Gasteiger partial charge >= 0.3 is 0 Å². The summed E-state index contributed by atoms with van der Waals surface area (Å²) in [6.07, 6.45) is 0. The molecular weight excluding hydrogens is 555 g/mol. The standard InChI is InChI=1S/C28H20BrFN4O2S/c29-18-11-3-5-13-21(18)33-27(36)25-24(31)23(28(37-25)34-22-14-6-4-12-19(22)30)26(35)32-20-15-7-9-16-8-1-2-10-17(16)20/h1-15,34H,31H2,(H,32,35)(H,33,36). The van der Waals surface area contributed by atoms with Gasteiger partial charge in [0.1, 0.15) is 15.7 Å². The van der Waals surface area contributed by atoms with Gasteiger partial charge in [-0.3, -0.25) is 9.59 Å². The van der Waals surface area contributed by atoms with Gasteiger partial charge in [-0.05, 0) is 51.6 Å². The van der Waals surface area contributed by atoms with Crippen molar-refractivity contribution >= 4 is 77.6 Å². The summed E-state index contributed by atoms with van der Waals surface area (Å²) in [4.78, 5) is 26.9. The number of amides is 2. The van der Waals surface area contributed by atoms with E-state index in [2.05, 4.69) is 31.9 Å². The third kappa shape index (κ3) is 5.04. The van der Waals surface area contributed by atoms with Crippen LogP contribution in [0.15, 0.2) is 95.5 Å². The smallest absolute Gasteiger partial charge is 0.267 e. The van der Waals surface area contributed by atoms with Crippen molar-refractivity contribution in [3.8, 4) is 0 Å². The van der Waals surface area contributed by atoms with Crippen LogP contribution in [0.2, 0.25) is 0 Å². The molecule has 5 N–H and O–H groups in total. The lowest BCUT2D eigenvalue weighted by atomic mass is 10.1. The molecule has 184 valence electrons. The molecule has 1 heterocycles. The first-order chi connectivity index (χ1) is 17.9. The first-order valence-corrected chi connectivity index (χ1v) is 12.8. The molecular formula is C28H20BrFN4O2S. The first-order valence-electron chi connectivity index (χ1n) is 11.2. The molecule has 0 aliphatic rings. The number of nitrogens with one attached hydrogen (secondary N) is 3. The van der Waals surface area contributed by atoms with Crippen LogP contribution in [0.4, 0.5) is 32.1 Å². The first kappa shape index (κ1) is 24.5. The quantitative estimate of drug-likeness (QED) is 0.167. The van der Waals surface area contributed by atoms with Crippen LogP contribution >= 0.6 is 27.3 Å². The van der Waals surface area contributed by atoms with Crippen molar-refractivity contribution in [1.29, 1.82) is 0 Å². The molecule has 0 radical (unpaired) electrons. The van der Waals surface area contributed by atoms with Crippen LogP contribution in [0, 0.1) is 5.82 Å². The molecule has 37 heavy (non-hydrogen) atoms. The number of carbonyl (C=O) groups is 2. The van der Waals surface area contributed by atoms with E-state index in [0.29, 0.717) is 15.8 Å². The Hall–Kier alpha value is -4.21. The molecule has 2 amide bonds. The highest BCUT2D eigenvalue weighted by Gasteiger charge is 2.27. The second kappa shape index (κ2) is 10.4. The summed E-state index contributed by atoms with van der Waals surface area (Å²) in [6, 6.07) is 26.4. The van der Waals surface area contributed by atoms with Crippen LogP contribution in [0.5, 0.6) is 0 Å². The predicted octanol–water partition coefficient (Wildman–Crippen LogP) is 7.63. The Kier molecular flexibility index (Phi) is 6.89. The highest BCUT2D eigenvalue weighted by molar-refractivity contribution is 9.10. The predicted molar refractivity (Wildman–Crippen MR) is 152 cm³/mol. The molecule has 6 nitrogen and oxygen atoms in total. The number of halogens is 2. The van der Waals surface area contributed by atoms with Gasteiger partial charge in [0.05, 0.1) is 22.6 Å². The van der Waals surface area contributed by atoms with Gasteiger partial charge in [-0.2, -0.15) is 0 Å². The molecule has 0 atom stereocenters. The second-order valence-electron chi connectivity index (χ2n) is 8.07. The van der Waals surface area contributed by atoms with E-state index >= 15 is 0 Å². The summed E-state index contributed by atoms with van der Waals surface area (Å²) >= 11 is 4.38. The van der Waals surface area contributed by atoms with Gasteiger partial charge in [-0.1, -0.05) is 60.7 Å². The summed E-state index contributed by atoms with van der Waals surface area (Å²) in [7, 11) is 0. The highest BCUT2D eigenvalue weighted by atomic mass is 79.9. The van der Waals surface area contributed by atoms with E-state index in [0.717, 1.165) is 22.1 Å². The molecule has 9 heteroatoms. The van der Waals surface area contributed by atoms with Crippen molar-refractivity contribution in [2.75, 3.05) is 21.7 Å². The minimum Gasteiger partial charge on any atom is -0.397 e. The minimum atomic E-state index is -0.524. The fourth-order valence-corrected chi connectivity index (χ4v) is 5.28. The molecule has 5 rings (SSSR count). The van der Waals surface area contributed by atoms with Crippen molar-refractivity contribution in [2.45, 2.75) is 0 Å². The fraction of sp³-hybridized carbons (Fsp3) is 0. The minimum absolute atomic E-state index is 0.00821. The summed E-state index contributed by atoms with van der Waals surface area (Å²) in [5, 5.41) is 10.7. The van der Waals surface area contributed by atoms with Gasteiger partial charge in [-0.15, -0.1) is 11.3 Å². The van der Waals surface area contributed by atoms with Gasteiger partial charge in [0.15, 0.2) is 0 Å². The molecule has 0 saturated heterocycles. The zero-order valence-corrected chi connectivity index (χ0v) is 21.6. The van der Waals surface area contributed by atoms with E-state index < -0.39 is 17.6 Å². The average molecular weight is 575 g/mol. The Morgan fingerprint density at radius 1 is 0.757 bits per heavy atom. The number of thiophene rings is 1. The fourth-order valence-electron chi connectivity index (χ4n) is 3.87. The molecule has 5 aromatic rings. The molecule has 0 spiro atoms. The lowest BCUT2D eigenvalue weighted by molar-refractivity contribution is 0.102. The summed E-state index contributed by atoms with van der Waals surface area (Å²) in [6.45, 7) is 0. The molecule has 0 aliphatic carbocycles. The maximum atomic E-state index is 14.5. The number of hydrogen-bond donors (Lipinski definition) is 4. The van der Waals surface area contributed by atoms with E-state index in [-0.39, 0.29) is 26.8 Å². The van der Waals surface area contributed by atoms with E-state index in [1.165, 1.54) is 6.07 Å². The molecule has 0 bridgehead atoms. The lowest BCUT2D eigenvalue weighted by Gasteiger charge is -2.11. The number of rotatable bonds is 6. The zero-order chi connectivity index (χ0) is 25.9. The largest absolute Gasteiger partial charge is 0.397 e. The summed E-state index contributed by atoms with van der Waals surface area (Å²) in [5.41, 5.74) is 7.73. The molecule has 0 fully saturated rings. The molecule has 0 aliphatic heterocycles. The van der Waals surface area contributed by atoms with E-state index in [1.54, 1.807) is 42.5 Å². The monoisotopic (exact) mass is 574 g/mol. The van der Waals surface area contributed by atoms with E-state index in [4.69, 9.17) is 5.73 Å². The number of para-hydroxylation sites is 2. The van der Waals surface area contributed by atoms with Gasteiger partial charge in [-0.25, -0.2) is 4.39 Å². The molecule has 1 aromatic heterocycles. The van der Waals surface area contributed by atoms with Crippen molar-refractivity contribution < 1.29 is 14.0 Å². The van der Waals surface area contributed by atoms with Gasteiger partial charge < -0.3 is 21.7 Å². The van der Waals surface area contributed by atoms with Crippen LogP contribution in [-0.4, -0.2) is 11.8 Å². The van der Waals surface area contributed by atoms with Crippen LogP contribution in [-0.2, 0) is 0 Å². The van der Waals surface area contributed by atoms with Crippen LogP contribution in [0.1, 0.15) is 20.0 Å². The molecule has 0 unspecified atom stereocenters. The Bertz CT molecular complexity index is 1650. The number of benzene rings is 4. The normalized spacial score (nSPS) is 10.8. The van der Waals surface area contributed by atoms with Crippen LogP contribution < -0.4 is 21.7 Å². The molecule has 4 aromatic carbocycles. The third-order valence-electron chi connectivity index (χ3n) is 5.66. The Balaban J connectivity index is 1.54. The van der Waals surface area contributed by atoms with Crippen molar-refractivity contribution in [3.05, 3.63) is 112 Å². The third-order valence-corrected chi connectivity index (χ3v) is 7.47. The number of carbonyl (C=O) groups excluding carboxylic acids is 2.